The number of benzene rings is 1. The predicted octanol–water partition coefficient (Wildman–Crippen LogP) is 3.25. The second-order valence-corrected chi connectivity index (χ2v) is 6.73. The Labute approximate surface area is 157 Å². The zero-order chi connectivity index (χ0) is 18.8. The SMILES string of the molecule is N=CC(=CN)c1cc(-c2cc([C@@H]3CCCN3)c3cnccc3c2)cnc1N. The summed E-state index contributed by atoms with van der Waals surface area (Å²) in [6.45, 7) is 1.04. The summed E-state index contributed by atoms with van der Waals surface area (Å²) in [5.74, 6) is 0.363. The summed E-state index contributed by atoms with van der Waals surface area (Å²) < 4.78 is 0. The van der Waals surface area contributed by atoms with Gasteiger partial charge in [0.25, 0.3) is 0 Å². The molecule has 2 aromatic heterocycles. The molecule has 3 aromatic rings. The fourth-order valence-corrected chi connectivity index (χ4v) is 3.71. The van der Waals surface area contributed by atoms with Crippen LogP contribution in [0.5, 0.6) is 0 Å². The average Bonchev–Trinajstić information content (AvgIpc) is 3.24. The van der Waals surface area contributed by atoms with E-state index in [0.717, 1.165) is 29.5 Å². The van der Waals surface area contributed by atoms with Gasteiger partial charge in [0, 0.05) is 59.1 Å². The van der Waals surface area contributed by atoms with Crippen LogP contribution in [-0.2, 0) is 0 Å². The van der Waals surface area contributed by atoms with Gasteiger partial charge in [-0.1, -0.05) is 0 Å². The number of allylic oxidation sites excluding steroid dienone is 1. The number of nitrogen functional groups attached to an aromatic ring is 1. The number of fused-ring (bicyclic) bond motifs is 1. The van der Waals surface area contributed by atoms with E-state index in [9.17, 15) is 0 Å². The molecule has 0 saturated carbocycles. The maximum absolute atomic E-state index is 7.55. The number of nitrogens with one attached hydrogen (secondary N) is 2. The molecule has 6 N–H and O–H groups in total. The van der Waals surface area contributed by atoms with Crippen molar-refractivity contribution in [2.24, 2.45) is 5.73 Å². The van der Waals surface area contributed by atoms with Gasteiger partial charge in [0.15, 0.2) is 0 Å². The molecule has 1 aliphatic heterocycles. The molecule has 1 aromatic carbocycles. The molecule has 3 heterocycles. The summed E-state index contributed by atoms with van der Waals surface area (Å²) in [6.07, 6.45) is 10.4. The summed E-state index contributed by atoms with van der Waals surface area (Å²) in [6, 6.07) is 8.66. The van der Waals surface area contributed by atoms with Crippen LogP contribution in [0.2, 0.25) is 0 Å². The van der Waals surface area contributed by atoms with Gasteiger partial charge in [-0.05, 0) is 60.2 Å². The third-order valence-electron chi connectivity index (χ3n) is 5.12. The highest BCUT2D eigenvalue weighted by Gasteiger charge is 2.20. The average molecular weight is 358 g/mol. The van der Waals surface area contributed by atoms with Gasteiger partial charge in [0.2, 0.25) is 0 Å². The molecular formula is C21H22N6. The third kappa shape index (κ3) is 3.15. The van der Waals surface area contributed by atoms with E-state index >= 15 is 0 Å². The molecule has 6 nitrogen and oxygen atoms in total. The molecule has 0 amide bonds. The Morgan fingerprint density at radius 2 is 2.11 bits per heavy atom. The molecule has 27 heavy (non-hydrogen) atoms. The summed E-state index contributed by atoms with van der Waals surface area (Å²) in [5, 5.41) is 13.5. The van der Waals surface area contributed by atoms with E-state index in [2.05, 4.69) is 27.4 Å². The summed E-state index contributed by atoms with van der Waals surface area (Å²) in [5.41, 5.74) is 16.1. The van der Waals surface area contributed by atoms with Crippen molar-refractivity contribution in [3.63, 3.8) is 0 Å². The summed E-state index contributed by atoms with van der Waals surface area (Å²) in [4.78, 5) is 8.65. The maximum atomic E-state index is 7.55. The van der Waals surface area contributed by atoms with Crippen molar-refractivity contribution in [2.75, 3.05) is 12.3 Å². The van der Waals surface area contributed by atoms with Crippen LogP contribution in [0.15, 0.2) is 49.1 Å². The standard InChI is InChI=1S/C21H22N6/c22-9-16(10-23)17-8-15(11-27-21(17)24)14-6-13-3-5-25-12-19(13)18(7-14)20-2-1-4-26-20/h3,5-12,20,22,26H,1-2,4,23H2,(H2,24,27)/t20-/m0/s1. The lowest BCUT2D eigenvalue weighted by molar-refractivity contribution is 0.653. The summed E-state index contributed by atoms with van der Waals surface area (Å²) in [7, 11) is 0. The quantitative estimate of drug-likeness (QED) is 0.535. The second-order valence-electron chi connectivity index (χ2n) is 6.73. The fourth-order valence-electron chi connectivity index (χ4n) is 3.71. The van der Waals surface area contributed by atoms with Gasteiger partial charge in [-0.15, -0.1) is 0 Å². The normalized spacial score (nSPS) is 17.3. The van der Waals surface area contributed by atoms with Crippen LogP contribution in [0.3, 0.4) is 0 Å². The molecule has 0 bridgehead atoms. The van der Waals surface area contributed by atoms with E-state index in [1.807, 2.05) is 24.5 Å². The fraction of sp³-hybridized carbons (Fsp3) is 0.190. The minimum atomic E-state index is 0.332. The molecule has 1 atom stereocenters. The lowest BCUT2D eigenvalue weighted by atomic mass is 9.93. The van der Waals surface area contributed by atoms with E-state index in [1.54, 1.807) is 6.20 Å². The molecular weight excluding hydrogens is 336 g/mol. The van der Waals surface area contributed by atoms with Crippen LogP contribution in [0.4, 0.5) is 5.82 Å². The Bertz CT molecular complexity index is 1030. The number of nitrogens with two attached hydrogens (primary N) is 2. The first kappa shape index (κ1) is 17.2. The Morgan fingerprint density at radius 3 is 2.85 bits per heavy atom. The van der Waals surface area contributed by atoms with Crippen LogP contribution < -0.4 is 16.8 Å². The van der Waals surface area contributed by atoms with Gasteiger partial charge in [0.1, 0.15) is 5.82 Å². The highest BCUT2D eigenvalue weighted by atomic mass is 14.9. The maximum Gasteiger partial charge on any atom is 0.131 e. The van der Waals surface area contributed by atoms with Gasteiger partial charge in [-0.25, -0.2) is 4.98 Å². The Morgan fingerprint density at radius 1 is 1.22 bits per heavy atom. The Hall–Kier alpha value is -3.25. The van der Waals surface area contributed by atoms with Crippen LogP contribution >= 0.6 is 0 Å². The molecule has 136 valence electrons. The van der Waals surface area contributed by atoms with E-state index in [1.165, 1.54) is 29.8 Å². The van der Waals surface area contributed by atoms with E-state index in [-0.39, 0.29) is 0 Å². The van der Waals surface area contributed by atoms with Crippen molar-refractivity contribution < 1.29 is 0 Å². The van der Waals surface area contributed by atoms with Crippen LogP contribution in [0.1, 0.15) is 30.0 Å². The third-order valence-corrected chi connectivity index (χ3v) is 5.12. The molecule has 1 saturated heterocycles. The minimum Gasteiger partial charge on any atom is -0.404 e. The molecule has 1 fully saturated rings. The number of rotatable bonds is 4. The van der Waals surface area contributed by atoms with Crippen molar-refractivity contribution in [2.45, 2.75) is 18.9 Å². The number of aromatic nitrogens is 2. The van der Waals surface area contributed by atoms with Crippen molar-refractivity contribution in [3.8, 4) is 11.1 Å². The largest absolute Gasteiger partial charge is 0.404 e. The lowest BCUT2D eigenvalue weighted by Crippen LogP contribution is -2.13. The number of hydrogen-bond acceptors (Lipinski definition) is 6. The highest BCUT2D eigenvalue weighted by Crippen LogP contribution is 2.35. The highest BCUT2D eigenvalue weighted by molar-refractivity contribution is 6.10. The molecule has 0 aliphatic carbocycles. The van der Waals surface area contributed by atoms with E-state index in [4.69, 9.17) is 16.9 Å². The molecule has 6 heteroatoms. The first-order chi connectivity index (χ1) is 13.2. The molecule has 0 spiro atoms. The lowest BCUT2D eigenvalue weighted by Gasteiger charge is -2.16. The Kier molecular flexibility index (Phi) is 4.56. The van der Waals surface area contributed by atoms with Gasteiger partial charge in [-0.2, -0.15) is 0 Å². The van der Waals surface area contributed by atoms with Crippen LogP contribution in [0.25, 0.3) is 27.5 Å². The predicted molar refractivity (Wildman–Crippen MR) is 110 cm³/mol. The van der Waals surface area contributed by atoms with Crippen LogP contribution in [-0.4, -0.2) is 22.7 Å². The molecule has 0 unspecified atom stereocenters. The van der Waals surface area contributed by atoms with Gasteiger partial charge in [0.05, 0.1) is 0 Å². The number of nitrogens with zero attached hydrogens (tertiary/aromatic N) is 2. The van der Waals surface area contributed by atoms with Crippen molar-refractivity contribution in [1.82, 2.24) is 15.3 Å². The van der Waals surface area contributed by atoms with E-state index < -0.39 is 0 Å². The van der Waals surface area contributed by atoms with Gasteiger partial charge in [-0.3, -0.25) is 4.98 Å². The zero-order valence-corrected chi connectivity index (χ0v) is 14.9. The monoisotopic (exact) mass is 358 g/mol. The summed E-state index contributed by atoms with van der Waals surface area (Å²) >= 11 is 0. The number of pyridine rings is 2. The molecule has 4 rings (SSSR count). The topological polar surface area (TPSA) is 114 Å². The smallest absolute Gasteiger partial charge is 0.131 e. The van der Waals surface area contributed by atoms with Crippen LogP contribution in [0, 0.1) is 5.41 Å². The molecule has 0 radical (unpaired) electrons. The van der Waals surface area contributed by atoms with Crippen molar-refractivity contribution in [3.05, 3.63) is 60.2 Å². The zero-order valence-electron chi connectivity index (χ0n) is 14.9. The number of hydrogen-bond donors (Lipinski definition) is 4. The van der Waals surface area contributed by atoms with Gasteiger partial charge >= 0.3 is 0 Å². The molecule has 1 aliphatic rings. The first-order valence-corrected chi connectivity index (χ1v) is 9.01. The number of anilines is 1. The van der Waals surface area contributed by atoms with E-state index in [0.29, 0.717) is 23.0 Å². The van der Waals surface area contributed by atoms with Crippen molar-refractivity contribution in [1.29, 1.82) is 5.41 Å². The first-order valence-electron chi connectivity index (χ1n) is 9.01. The Balaban J connectivity index is 1.89. The second kappa shape index (κ2) is 7.17. The van der Waals surface area contributed by atoms with Gasteiger partial charge < -0.3 is 22.2 Å². The van der Waals surface area contributed by atoms with Crippen molar-refractivity contribution >= 4 is 28.4 Å². The minimum absolute atomic E-state index is 0.332.